The molecule has 94 valence electrons. The molecule has 0 radical (unpaired) electrons. The molecule has 0 aliphatic rings. The molecule has 18 heavy (non-hydrogen) atoms. The van der Waals surface area contributed by atoms with Gasteiger partial charge in [0.1, 0.15) is 5.75 Å². The van der Waals surface area contributed by atoms with Gasteiger partial charge >= 0.3 is 0 Å². The molecule has 0 unspecified atom stereocenters. The van der Waals surface area contributed by atoms with Crippen LogP contribution in [0.15, 0.2) is 35.1 Å². The van der Waals surface area contributed by atoms with Crippen molar-refractivity contribution in [3.63, 3.8) is 0 Å². The maximum Gasteiger partial charge on any atom is 0.201 e. The number of halogens is 3. The van der Waals surface area contributed by atoms with Crippen LogP contribution in [0.25, 0.3) is 0 Å². The number of hydrogen-bond donors (Lipinski definition) is 1. The van der Waals surface area contributed by atoms with E-state index in [4.69, 9.17) is 9.84 Å². The van der Waals surface area contributed by atoms with Crippen LogP contribution in [0.4, 0.5) is 8.78 Å². The fourth-order valence-corrected chi connectivity index (χ4v) is 1.77. The summed E-state index contributed by atoms with van der Waals surface area (Å²) in [6.07, 6.45) is 2.82. The van der Waals surface area contributed by atoms with E-state index in [1.54, 1.807) is 0 Å². The Morgan fingerprint density at radius 3 is 2.78 bits per heavy atom. The first-order valence-corrected chi connectivity index (χ1v) is 5.77. The third kappa shape index (κ3) is 2.65. The Morgan fingerprint density at radius 2 is 2.06 bits per heavy atom. The SMILES string of the molecule is OCc1cnccc1Oc1cc(Br)cc(F)c1F. The summed E-state index contributed by atoms with van der Waals surface area (Å²) in [6.45, 7) is -0.304. The van der Waals surface area contributed by atoms with Crippen LogP contribution in [0, 0.1) is 11.6 Å². The average molecular weight is 316 g/mol. The van der Waals surface area contributed by atoms with Crippen LogP contribution in [0.2, 0.25) is 0 Å². The Kier molecular flexibility index (Phi) is 3.88. The second-order valence-electron chi connectivity index (χ2n) is 3.44. The highest BCUT2D eigenvalue weighted by atomic mass is 79.9. The van der Waals surface area contributed by atoms with E-state index in [0.717, 1.165) is 6.07 Å². The summed E-state index contributed by atoms with van der Waals surface area (Å²) in [7, 11) is 0. The lowest BCUT2D eigenvalue weighted by Crippen LogP contribution is -1.96. The van der Waals surface area contributed by atoms with Crippen molar-refractivity contribution in [2.75, 3.05) is 0 Å². The van der Waals surface area contributed by atoms with E-state index < -0.39 is 11.6 Å². The Labute approximate surface area is 110 Å². The minimum Gasteiger partial charge on any atom is -0.454 e. The summed E-state index contributed by atoms with van der Waals surface area (Å²) in [4.78, 5) is 3.80. The largest absolute Gasteiger partial charge is 0.454 e. The van der Waals surface area contributed by atoms with Crippen LogP contribution >= 0.6 is 15.9 Å². The van der Waals surface area contributed by atoms with Gasteiger partial charge in [-0.2, -0.15) is 4.39 Å². The molecule has 1 heterocycles. The zero-order valence-corrected chi connectivity index (χ0v) is 10.6. The summed E-state index contributed by atoms with van der Waals surface area (Å²) in [5, 5.41) is 9.08. The van der Waals surface area contributed by atoms with Crippen molar-refractivity contribution in [3.8, 4) is 11.5 Å². The van der Waals surface area contributed by atoms with Crippen molar-refractivity contribution in [1.29, 1.82) is 0 Å². The molecule has 0 amide bonds. The summed E-state index contributed by atoms with van der Waals surface area (Å²) in [5.74, 6) is -2.13. The fourth-order valence-electron chi connectivity index (χ4n) is 1.36. The van der Waals surface area contributed by atoms with Crippen LogP contribution in [0.3, 0.4) is 0 Å². The molecule has 6 heteroatoms. The number of hydrogen-bond acceptors (Lipinski definition) is 3. The minimum atomic E-state index is -1.08. The smallest absolute Gasteiger partial charge is 0.201 e. The van der Waals surface area contributed by atoms with Crippen molar-refractivity contribution in [3.05, 3.63) is 52.3 Å². The topological polar surface area (TPSA) is 42.4 Å². The number of rotatable bonds is 3. The van der Waals surface area contributed by atoms with Crippen molar-refractivity contribution in [2.24, 2.45) is 0 Å². The molecule has 0 aliphatic carbocycles. The molecule has 1 aromatic heterocycles. The lowest BCUT2D eigenvalue weighted by Gasteiger charge is -2.10. The van der Waals surface area contributed by atoms with E-state index in [2.05, 4.69) is 20.9 Å². The molecule has 2 rings (SSSR count). The van der Waals surface area contributed by atoms with Gasteiger partial charge in [-0.3, -0.25) is 4.98 Å². The van der Waals surface area contributed by atoms with E-state index in [-0.39, 0.29) is 18.1 Å². The van der Waals surface area contributed by atoms with Crippen molar-refractivity contribution < 1.29 is 18.6 Å². The lowest BCUT2D eigenvalue weighted by atomic mass is 10.2. The number of nitrogens with zero attached hydrogens (tertiary/aromatic N) is 1. The van der Waals surface area contributed by atoms with Gasteiger partial charge in [-0.05, 0) is 18.2 Å². The predicted octanol–water partition coefficient (Wildman–Crippen LogP) is 3.41. The number of pyridine rings is 1. The zero-order valence-electron chi connectivity index (χ0n) is 9.03. The highest BCUT2D eigenvalue weighted by Gasteiger charge is 2.13. The van der Waals surface area contributed by atoms with Crippen molar-refractivity contribution >= 4 is 15.9 Å². The first-order chi connectivity index (χ1) is 8.61. The number of benzene rings is 1. The number of aliphatic hydroxyl groups excluding tert-OH is 1. The van der Waals surface area contributed by atoms with Gasteiger partial charge in [0.25, 0.3) is 0 Å². The highest BCUT2D eigenvalue weighted by Crippen LogP contribution is 2.30. The molecule has 0 spiro atoms. The molecule has 1 N–H and O–H groups in total. The second kappa shape index (κ2) is 5.41. The molecule has 3 nitrogen and oxygen atoms in total. The summed E-state index contributed by atoms with van der Waals surface area (Å²) in [5.41, 5.74) is 0.386. The molecule has 1 aromatic carbocycles. The monoisotopic (exact) mass is 315 g/mol. The van der Waals surface area contributed by atoms with Crippen molar-refractivity contribution in [2.45, 2.75) is 6.61 Å². The standard InChI is InChI=1S/C12H8BrF2NO2/c13-8-3-9(14)12(15)11(4-8)18-10-1-2-16-5-7(10)6-17/h1-5,17H,6H2. The van der Waals surface area contributed by atoms with Gasteiger partial charge in [0, 0.05) is 22.4 Å². The summed E-state index contributed by atoms with van der Waals surface area (Å²) >= 11 is 3.05. The van der Waals surface area contributed by atoms with Crippen LogP contribution in [0.5, 0.6) is 11.5 Å². The quantitative estimate of drug-likeness (QED) is 0.883. The highest BCUT2D eigenvalue weighted by molar-refractivity contribution is 9.10. The summed E-state index contributed by atoms with van der Waals surface area (Å²) < 4.78 is 32.3. The van der Waals surface area contributed by atoms with Crippen LogP contribution < -0.4 is 4.74 Å². The van der Waals surface area contributed by atoms with Gasteiger partial charge in [0.15, 0.2) is 11.6 Å². The van der Waals surface area contributed by atoms with Crippen LogP contribution in [-0.2, 0) is 6.61 Å². The molecular weight excluding hydrogens is 308 g/mol. The first-order valence-electron chi connectivity index (χ1n) is 4.98. The number of aliphatic hydroxyl groups is 1. The maximum absolute atomic E-state index is 13.5. The molecule has 2 aromatic rings. The average Bonchev–Trinajstić information content (AvgIpc) is 2.36. The van der Waals surface area contributed by atoms with Crippen LogP contribution in [-0.4, -0.2) is 10.1 Å². The molecule has 0 saturated carbocycles. The van der Waals surface area contributed by atoms with Gasteiger partial charge in [-0.15, -0.1) is 0 Å². The predicted molar refractivity (Wildman–Crippen MR) is 64.3 cm³/mol. The Bertz CT molecular complexity index is 578. The second-order valence-corrected chi connectivity index (χ2v) is 4.36. The first kappa shape index (κ1) is 12.9. The third-order valence-electron chi connectivity index (χ3n) is 2.21. The fraction of sp³-hybridized carbons (Fsp3) is 0.0833. The Balaban J connectivity index is 2.40. The molecular formula is C12H8BrF2NO2. The summed E-state index contributed by atoms with van der Waals surface area (Å²) in [6, 6.07) is 3.77. The molecule has 0 saturated heterocycles. The Morgan fingerprint density at radius 1 is 1.28 bits per heavy atom. The number of ether oxygens (including phenoxy) is 1. The molecule has 0 atom stereocenters. The lowest BCUT2D eigenvalue weighted by molar-refractivity contribution is 0.275. The molecule has 0 aliphatic heterocycles. The van der Waals surface area contributed by atoms with E-state index in [1.165, 1.54) is 24.5 Å². The Hall–Kier alpha value is -1.53. The van der Waals surface area contributed by atoms with E-state index in [9.17, 15) is 8.78 Å². The molecule has 0 bridgehead atoms. The van der Waals surface area contributed by atoms with Crippen LogP contribution in [0.1, 0.15) is 5.56 Å². The number of aromatic nitrogens is 1. The molecule has 0 fully saturated rings. The van der Waals surface area contributed by atoms with Gasteiger partial charge in [0.2, 0.25) is 5.82 Å². The van der Waals surface area contributed by atoms with E-state index in [1.807, 2.05) is 0 Å². The van der Waals surface area contributed by atoms with E-state index in [0.29, 0.717) is 10.0 Å². The van der Waals surface area contributed by atoms with E-state index >= 15 is 0 Å². The van der Waals surface area contributed by atoms with Gasteiger partial charge in [-0.1, -0.05) is 15.9 Å². The maximum atomic E-state index is 13.5. The normalized spacial score (nSPS) is 10.4. The third-order valence-corrected chi connectivity index (χ3v) is 2.67. The van der Waals surface area contributed by atoms with Crippen molar-refractivity contribution in [1.82, 2.24) is 4.98 Å². The zero-order chi connectivity index (χ0) is 13.1. The van der Waals surface area contributed by atoms with Gasteiger partial charge < -0.3 is 9.84 Å². The van der Waals surface area contributed by atoms with Gasteiger partial charge in [-0.25, -0.2) is 4.39 Å². The minimum absolute atomic E-state index is 0.226. The van der Waals surface area contributed by atoms with Gasteiger partial charge in [0.05, 0.1) is 6.61 Å².